The first-order valence-corrected chi connectivity index (χ1v) is 6.80. The first-order chi connectivity index (χ1) is 7.45. The van der Waals surface area contributed by atoms with Crippen LogP contribution in [0.15, 0.2) is 27.6 Å². The summed E-state index contributed by atoms with van der Waals surface area (Å²) in [4.78, 5) is -0.110. The lowest BCUT2D eigenvalue weighted by Gasteiger charge is -2.09. The molecule has 0 radical (unpaired) electrons. The number of benzene rings is 1. The standard InChI is InChI=1S/C9H11BrFNO3S/c10-7-2-3-8(15-5-1-4-11)9(6-7)16(12,13)14/h2-3,6H,1,4-5H2,(H2,12,13,14). The van der Waals surface area contributed by atoms with Crippen molar-refractivity contribution in [1.82, 2.24) is 0 Å². The van der Waals surface area contributed by atoms with Gasteiger partial charge >= 0.3 is 0 Å². The highest BCUT2D eigenvalue weighted by Crippen LogP contribution is 2.26. The van der Waals surface area contributed by atoms with Gasteiger partial charge < -0.3 is 4.74 Å². The van der Waals surface area contributed by atoms with Crippen LogP contribution in [0.2, 0.25) is 0 Å². The highest BCUT2D eigenvalue weighted by Gasteiger charge is 2.15. The molecule has 0 saturated carbocycles. The second-order valence-corrected chi connectivity index (χ2v) is 5.47. The van der Waals surface area contributed by atoms with Crippen LogP contribution >= 0.6 is 15.9 Å². The van der Waals surface area contributed by atoms with E-state index in [9.17, 15) is 12.8 Å². The number of rotatable bonds is 5. The molecule has 0 bridgehead atoms. The van der Waals surface area contributed by atoms with Gasteiger partial charge in [-0.05, 0) is 18.2 Å². The average Bonchev–Trinajstić information content (AvgIpc) is 2.19. The van der Waals surface area contributed by atoms with Gasteiger partial charge in [-0.15, -0.1) is 0 Å². The van der Waals surface area contributed by atoms with E-state index in [1.165, 1.54) is 12.1 Å². The summed E-state index contributed by atoms with van der Waals surface area (Å²) in [5.74, 6) is 0.138. The molecular formula is C9H11BrFNO3S. The van der Waals surface area contributed by atoms with Crippen molar-refractivity contribution >= 4 is 26.0 Å². The number of hydrogen-bond donors (Lipinski definition) is 1. The Balaban J connectivity index is 2.99. The Kier molecular flexibility index (Phi) is 4.69. The third kappa shape index (κ3) is 3.73. The minimum absolute atomic E-state index is 0.110. The number of nitrogens with two attached hydrogens (primary N) is 1. The van der Waals surface area contributed by atoms with E-state index in [2.05, 4.69) is 15.9 Å². The first-order valence-electron chi connectivity index (χ1n) is 4.46. The molecule has 0 amide bonds. The molecule has 7 heteroatoms. The molecule has 16 heavy (non-hydrogen) atoms. The SMILES string of the molecule is NS(=O)(=O)c1cc(Br)ccc1OCCCF. The molecule has 0 saturated heterocycles. The number of hydrogen-bond acceptors (Lipinski definition) is 3. The number of ether oxygens (including phenoxy) is 1. The van der Waals surface area contributed by atoms with Gasteiger partial charge in [0.05, 0.1) is 13.3 Å². The van der Waals surface area contributed by atoms with Gasteiger partial charge in [0.2, 0.25) is 10.0 Å². The lowest BCUT2D eigenvalue weighted by atomic mass is 10.3. The summed E-state index contributed by atoms with van der Waals surface area (Å²) in [6.45, 7) is -0.401. The zero-order valence-electron chi connectivity index (χ0n) is 8.32. The van der Waals surface area contributed by atoms with E-state index in [4.69, 9.17) is 9.88 Å². The molecule has 0 aromatic heterocycles. The monoisotopic (exact) mass is 311 g/mol. The van der Waals surface area contributed by atoms with Crippen LogP contribution in [0.5, 0.6) is 5.75 Å². The van der Waals surface area contributed by atoms with Crippen LogP contribution in [0.1, 0.15) is 6.42 Å². The first kappa shape index (κ1) is 13.4. The highest BCUT2D eigenvalue weighted by molar-refractivity contribution is 9.10. The van der Waals surface area contributed by atoms with Crippen LogP contribution in [0.3, 0.4) is 0 Å². The van der Waals surface area contributed by atoms with Crippen molar-refractivity contribution in [2.45, 2.75) is 11.3 Å². The maximum atomic E-state index is 11.9. The van der Waals surface area contributed by atoms with Crippen LogP contribution in [0.25, 0.3) is 0 Å². The highest BCUT2D eigenvalue weighted by atomic mass is 79.9. The summed E-state index contributed by atoms with van der Waals surface area (Å²) < 4.78 is 40.1. The Bertz CT molecular complexity index is 464. The van der Waals surface area contributed by atoms with Crippen LogP contribution in [-0.4, -0.2) is 21.7 Å². The van der Waals surface area contributed by atoms with E-state index < -0.39 is 16.7 Å². The fourth-order valence-corrected chi connectivity index (χ4v) is 2.27. The van der Waals surface area contributed by atoms with E-state index in [1.807, 2.05) is 0 Å². The van der Waals surface area contributed by atoms with Gasteiger partial charge in [-0.3, -0.25) is 4.39 Å². The van der Waals surface area contributed by atoms with Crippen molar-refractivity contribution in [3.8, 4) is 5.75 Å². The summed E-state index contributed by atoms with van der Waals surface area (Å²) in [5, 5.41) is 5.03. The van der Waals surface area contributed by atoms with Gasteiger partial charge in [0.1, 0.15) is 10.6 Å². The van der Waals surface area contributed by atoms with Crippen LogP contribution < -0.4 is 9.88 Å². The maximum absolute atomic E-state index is 11.9. The predicted octanol–water partition coefficient (Wildman–Crippen LogP) is 1.83. The molecule has 0 heterocycles. The van der Waals surface area contributed by atoms with Gasteiger partial charge in [0, 0.05) is 10.9 Å². The van der Waals surface area contributed by atoms with E-state index >= 15 is 0 Å². The Labute approximate surface area is 102 Å². The Morgan fingerprint density at radius 2 is 2.12 bits per heavy atom. The largest absolute Gasteiger partial charge is 0.492 e. The van der Waals surface area contributed by atoms with Gasteiger partial charge in [-0.25, -0.2) is 13.6 Å². The van der Waals surface area contributed by atoms with E-state index in [1.54, 1.807) is 6.07 Å². The van der Waals surface area contributed by atoms with Crippen LogP contribution in [-0.2, 0) is 10.0 Å². The van der Waals surface area contributed by atoms with Crippen LogP contribution in [0.4, 0.5) is 4.39 Å². The zero-order chi connectivity index (χ0) is 12.2. The lowest BCUT2D eigenvalue weighted by Crippen LogP contribution is -2.14. The summed E-state index contributed by atoms with van der Waals surface area (Å²) >= 11 is 3.14. The second kappa shape index (κ2) is 5.60. The Morgan fingerprint density at radius 3 is 2.69 bits per heavy atom. The normalized spacial score (nSPS) is 11.4. The molecule has 0 atom stereocenters. The minimum atomic E-state index is -3.84. The molecule has 0 unspecified atom stereocenters. The fraction of sp³-hybridized carbons (Fsp3) is 0.333. The van der Waals surface area contributed by atoms with E-state index in [0.717, 1.165) is 0 Å². The molecule has 90 valence electrons. The van der Waals surface area contributed by atoms with Gasteiger partial charge in [0.25, 0.3) is 0 Å². The van der Waals surface area contributed by atoms with Crippen molar-refractivity contribution in [3.05, 3.63) is 22.7 Å². The lowest BCUT2D eigenvalue weighted by molar-refractivity contribution is 0.283. The molecule has 1 aromatic rings. The third-order valence-corrected chi connectivity index (χ3v) is 3.17. The van der Waals surface area contributed by atoms with Crippen LogP contribution in [0, 0.1) is 0 Å². The van der Waals surface area contributed by atoms with Crippen molar-refractivity contribution in [1.29, 1.82) is 0 Å². The molecule has 0 aliphatic heterocycles. The summed E-state index contributed by atoms with van der Waals surface area (Å²) in [7, 11) is -3.84. The smallest absolute Gasteiger partial charge is 0.241 e. The maximum Gasteiger partial charge on any atom is 0.241 e. The Morgan fingerprint density at radius 1 is 1.44 bits per heavy atom. The molecule has 0 spiro atoms. The number of alkyl halides is 1. The van der Waals surface area contributed by atoms with Crippen molar-refractivity contribution in [2.75, 3.05) is 13.3 Å². The van der Waals surface area contributed by atoms with E-state index in [0.29, 0.717) is 4.47 Å². The molecule has 0 aliphatic carbocycles. The van der Waals surface area contributed by atoms with Gasteiger partial charge in [-0.2, -0.15) is 0 Å². The molecular weight excluding hydrogens is 301 g/mol. The van der Waals surface area contributed by atoms with Crippen molar-refractivity contribution < 1.29 is 17.5 Å². The van der Waals surface area contributed by atoms with E-state index in [-0.39, 0.29) is 23.7 Å². The fourth-order valence-electron chi connectivity index (χ4n) is 1.06. The van der Waals surface area contributed by atoms with Crippen molar-refractivity contribution in [3.63, 3.8) is 0 Å². The summed E-state index contributed by atoms with van der Waals surface area (Å²) in [6.07, 6.45) is 0.208. The quantitative estimate of drug-likeness (QED) is 0.843. The predicted molar refractivity (Wildman–Crippen MR) is 61.6 cm³/mol. The molecule has 4 nitrogen and oxygen atoms in total. The molecule has 1 rings (SSSR count). The molecule has 1 aromatic carbocycles. The zero-order valence-corrected chi connectivity index (χ0v) is 10.7. The second-order valence-electron chi connectivity index (χ2n) is 3.03. The van der Waals surface area contributed by atoms with Gasteiger partial charge in [-0.1, -0.05) is 15.9 Å². The van der Waals surface area contributed by atoms with Gasteiger partial charge in [0.15, 0.2) is 0 Å². The number of sulfonamides is 1. The average molecular weight is 312 g/mol. The number of halogens is 2. The topological polar surface area (TPSA) is 69.4 Å². The summed E-state index contributed by atoms with van der Waals surface area (Å²) in [6, 6.07) is 4.45. The summed E-state index contributed by atoms with van der Waals surface area (Å²) in [5.41, 5.74) is 0. The molecule has 0 fully saturated rings. The molecule has 2 N–H and O–H groups in total. The van der Waals surface area contributed by atoms with Crippen molar-refractivity contribution in [2.24, 2.45) is 5.14 Å². The number of primary sulfonamides is 1. The Hall–Kier alpha value is -0.660. The third-order valence-electron chi connectivity index (χ3n) is 1.75. The molecule has 0 aliphatic rings. The minimum Gasteiger partial charge on any atom is -0.492 e.